The Labute approximate surface area is 91.7 Å². The highest BCUT2D eigenvalue weighted by Gasteiger charge is 2.06. The normalized spacial score (nSPS) is 10.6. The molecule has 1 aromatic carbocycles. The number of amides is 1. The van der Waals surface area contributed by atoms with Gasteiger partial charge in [0.15, 0.2) is 5.58 Å². The number of H-pyrrole nitrogens is 1. The van der Waals surface area contributed by atoms with Gasteiger partial charge in [-0.2, -0.15) is 0 Å². The van der Waals surface area contributed by atoms with Crippen LogP contribution in [0.3, 0.4) is 0 Å². The molecule has 0 saturated carbocycles. The number of aromatic nitrogens is 1. The third kappa shape index (κ3) is 1.98. The van der Waals surface area contributed by atoms with Gasteiger partial charge in [0.2, 0.25) is 5.91 Å². The maximum atomic E-state index is 11.1. The van der Waals surface area contributed by atoms with Crippen LogP contribution >= 0.6 is 0 Å². The third-order valence-corrected chi connectivity index (χ3v) is 2.44. The Kier molecular flexibility index (Phi) is 2.52. The summed E-state index contributed by atoms with van der Waals surface area (Å²) in [7, 11) is 1.72. The molecule has 0 unspecified atom stereocenters. The molecular formula is C11H12N2O3. The fourth-order valence-electron chi connectivity index (χ4n) is 1.47. The number of nitrogens with one attached hydrogen (secondary N) is 1. The van der Waals surface area contributed by atoms with Gasteiger partial charge >= 0.3 is 5.76 Å². The van der Waals surface area contributed by atoms with Crippen LogP contribution in [0.15, 0.2) is 27.4 Å². The molecular weight excluding hydrogens is 208 g/mol. The molecule has 1 N–H and O–H groups in total. The minimum atomic E-state index is -0.466. The second-order valence-electron chi connectivity index (χ2n) is 3.72. The zero-order valence-corrected chi connectivity index (χ0v) is 9.11. The van der Waals surface area contributed by atoms with E-state index in [1.165, 1.54) is 6.92 Å². The molecule has 0 fully saturated rings. The lowest BCUT2D eigenvalue weighted by Crippen LogP contribution is -2.22. The Morgan fingerprint density at radius 1 is 1.50 bits per heavy atom. The van der Waals surface area contributed by atoms with Crippen LogP contribution in [0.5, 0.6) is 0 Å². The van der Waals surface area contributed by atoms with Crippen LogP contribution in [0.2, 0.25) is 0 Å². The first-order valence-corrected chi connectivity index (χ1v) is 4.90. The average Bonchev–Trinajstić information content (AvgIpc) is 2.57. The maximum absolute atomic E-state index is 11.1. The summed E-state index contributed by atoms with van der Waals surface area (Å²) in [4.78, 5) is 26.2. The molecule has 0 radical (unpaired) electrons. The van der Waals surface area contributed by atoms with Gasteiger partial charge in [-0.15, -0.1) is 0 Å². The van der Waals surface area contributed by atoms with Crippen LogP contribution in [-0.2, 0) is 11.3 Å². The van der Waals surface area contributed by atoms with E-state index >= 15 is 0 Å². The Hall–Kier alpha value is -2.04. The van der Waals surface area contributed by atoms with Gasteiger partial charge in [-0.1, -0.05) is 6.07 Å². The second-order valence-corrected chi connectivity index (χ2v) is 3.72. The third-order valence-electron chi connectivity index (χ3n) is 2.44. The molecule has 0 aliphatic rings. The molecule has 16 heavy (non-hydrogen) atoms. The van der Waals surface area contributed by atoms with Crippen molar-refractivity contribution in [1.29, 1.82) is 0 Å². The highest BCUT2D eigenvalue weighted by Crippen LogP contribution is 2.13. The van der Waals surface area contributed by atoms with Crippen molar-refractivity contribution in [3.63, 3.8) is 0 Å². The number of hydrogen-bond acceptors (Lipinski definition) is 3. The minimum Gasteiger partial charge on any atom is -0.408 e. The first-order valence-electron chi connectivity index (χ1n) is 4.90. The monoisotopic (exact) mass is 220 g/mol. The molecule has 5 nitrogen and oxygen atoms in total. The highest BCUT2D eigenvalue weighted by atomic mass is 16.4. The van der Waals surface area contributed by atoms with Crippen molar-refractivity contribution in [3.05, 3.63) is 34.3 Å². The molecule has 1 aromatic heterocycles. The van der Waals surface area contributed by atoms with Crippen molar-refractivity contribution >= 4 is 17.0 Å². The van der Waals surface area contributed by atoms with Crippen LogP contribution in [0.25, 0.3) is 11.1 Å². The predicted molar refractivity (Wildman–Crippen MR) is 59.0 cm³/mol. The molecule has 0 saturated heterocycles. The zero-order valence-electron chi connectivity index (χ0n) is 9.11. The average molecular weight is 220 g/mol. The first kappa shape index (κ1) is 10.5. The summed E-state index contributed by atoms with van der Waals surface area (Å²) in [5.74, 6) is -0.470. The molecule has 0 bridgehead atoms. The number of nitrogens with zero attached hydrogens (tertiary/aromatic N) is 1. The lowest BCUT2D eigenvalue weighted by Gasteiger charge is -2.14. The van der Waals surface area contributed by atoms with Gasteiger partial charge in [-0.3, -0.25) is 9.78 Å². The van der Waals surface area contributed by atoms with E-state index in [9.17, 15) is 9.59 Å². The fraction of sp³-hybridized carbons (Fsp3) is 0.273. The van der Waals surface area contributed by atoms with Gasteiger partial charge in [0.25, 0.3) is 0 Å². The largest absolute Gasteiger partial charge is 0.417 e. The standard InChI is InChI=1S/C11H12N2O3/c1-7(14)13(2)6-8-3-4-9-10(5-8)16-11(15)12-9/h3-5H,6H2,1-2H3,(H,12,15). The van der Waals surface area contributed by atoms with Gasteiger partial charge in [0.05, 0.1) is 5.52 Å². The predicted octanol–water partition coefficient (Wildman–Crippen LogP) is 1.10. The van der Waals surface area contributed by atoms with Crippen molar-refractivity contribution in [1.82, 2.24) is 9.88 Å². The number of fused-ring (bicyclic) bond motifs is 1. The van der Waals surface area contributed by atoms with E-state index in [0.29, 0.717) is 17.6 Å². The molecule has 2 rings (SSSR count). The van der Waals surface area contributed by atoms with Gasteiger partial charge < -0.3 is 9.32 Å². The van der Waals surface area contributed by atoms with Crippen molar-refractivity contribution in [2.24, 2.45) is 0 Å². The van der Waals surface area contributed by atoms with Crippen LogP contribution in [0.1, 0.15) is 12.5 Å². The van der Waals surface area contributed by atoms with E-state index in [1.807, 2.05) is 6.07 Å². The summed E-state index contributed by atoms with van der Waals surface area (Å²) in [6.07, 6.45) is 0. The first-order chi connectivity index (χ1) is 7.56. The Morgan fingerprint density at radius 2 is 2.25 bits per heavy atom. The molecule has 2 aromatic rings. The van der Waals surface area contributed by atoms with E-state index in [0.717, 1.165) is 5.56 Å². The smallest absolute Gasteiger partial charge is 0.408 e. The van der Waals surface area contributed by atoms with E-state index in [-0.39, 0.29) is 5.91 Å². The summed E-state index contributed by atoms with van der Waals surface area (Å²) in [6.45, 7) is 2.01. The van der Waals surface area contributed by atoms with Crippen molar-refractivity contribution in [2.75, 3.05) is 7.05 Å². The topological polar surface area (TPSA) is 66.3 Å². The number of hydrogen-bond donors (Lipinski definition) is 1. The van der Waals surface area contributed by atoms with Gasteiger partial charge in [0, 0.05) is 20.5 Å². The number of benzene rings is 1. The summed E-state index contributed by atoms with van der Waals surface area (Å²) >= 11 is 0. The highest BCUT2D eigenvalue weighted by molar-refractivity contribution is 5.74. The van der Waals surface area contributed by atoms with Crippen LogP contribution < -0.4 is 5.76 Å². The molecule has 84 valence electrons. The SMILES string of the molecule is CC(=O)N(C)Cc1ccc2[nH]c(=O)oc2c1. The van der Waals surface area contributed by atoms with E-state index < -0.39 is 5.76 Å². The summed E-state index contributed by atoms with van der Waals surface area (Å²) in [5.41, 5.74) is 2.10. The van der Waals surface area contributed by atoms with Crippen molar-refractivity contribution < 1.29 is 9.21 Å². The number of carbonyl (C=O) groups excluding carboxylic acids is 1. The number of aromatic amines is 1. The molecule has 1 amide bonds. The van der Waals surface area contributed by atoms with Crippen molar-refractivity contribution in [2.45, 2.75) is 13.5 Å². The Balaban J connectivity index is 2.32. The Bertz CT molecular complexity index is 582. The van der Waals surface area contributed by atoms with Crippen LogP contribution in [0.4, 0.5) is 0 Å². The van der Waals surface area contributed by atoms with Gasteiger partial charge in [-0.05, 0) is 17.7 Å². The van der Waals surface area contributed by atoms with Crippen molar-refractivity contribution in [3.8, 4) is 0 Å². The summed E-state index contributed by atoms with van der Waals surface area (Å²) < 4.78 is 4.94. The zero-order chi connectivity index (χ0) is 11.7. The number of carbonyl (C=O) groups is 1. The minimum absolute atomic E-state index is 0.00406. The van der Waals surface area contributed by atoms with E-state index in [2.05, 4.69) is 4.98 Å². The Morgan fingerprint density at radius 3 is 2.94 bits per heavy atom. The summed E-state index contributed by atoms with van der Waals surface area (Å²) in [6, 6.07) is 5.38. The fourth-order valence-corrected chi connectivity index (χ4v) is 1.47. The molecule has 0 aliphatic carbocycles. The molecule has 1 heterocycles. The molecule has 5 heteroatoms. The lowest BCUT2D eigenvalue weighted by atomic mass is 10.2. The number of rotatable bonds is 2. The number of oxazole rings is 1. The second kappa shape index (κ2) is 3.84. The van der Waals surface area contributed by atoms with Crippen LogP contribution in [0, 0.1) is 0 Å². The van der Waals surface area contributed by atoms with E-state index in [4.69, 9.17) is 4.42 Å². The quantitative estimate of drug-likeness (QED) is 0.824. The summed E-state index contributed by atoms with van der Waals surface area (Å²) in [5, 5.41) is 0. The molecule has 0 aliphatic heterocycles. The van der Waals surface area contributed by atoms with E-state index in [1.54, 1.807) is 24.1 Å². The molecule has 0 spiro atoms. The van der Waals surface area contributed by atoms with Gasteiger partial charge in [-0.25, -0.2) is 4.79 Å². The van der Waals surface area contributed by atoms with Crippen LogP contribution in [-0.4, -0.2) is 22.8 Å². The lowest BCUT2D eigenvalue weighted by molar-refractivity contribution is -0.128. The maximum Gasteiger partial charge on any atom is 0.417 e. The molecule has 0 atom stereocenters. The van der Waals surface area contributed by atoms with Gasteiger partial charge in [0.1, 0.15) is 0 Å².